The summed E-state index contributed by atoms with van der Waals surface area (Å²) < 4.78 is 1.43. The van der Waals surface area contributed by atoms with Crippen molar-refractivity contribution in [3.8, 4) is 0 Å². The van der Waals surface area contributed by atoms with E-state index in [0.717, 1.165) is 10.6 Å². The zero-order valence-corrected chi connectivity index (χ0v) is 14.1. The molecule has 118 valence electrons. The van der Waals surface area contributed by atoms with Gasteiger partial charge in [0.2, 0.25) is 0 Å². The summed E-state index contributed by atoms with van der Waals surface area (Å²) in [5, 5.41) is 9.80. The van der Waals surface area contributed by atoms with Crippen LogP contribution in [0.5, 0.6) is 0 Å². The minimum atomic E-state index is -0.266. The van der Waals surface area contributed by atoms with E-state index in [4.69, 9.17) is 0 Å². The summed E-state index contributed by atoms with van der Waals surface area (Å²) >= 11 is 3.13. The van der Waals surface area contributed by atoms with Crippen molar-refractivity contribution < 1.29 is 4.79 Å². The summed E-state index contributed by atoms with van der Waals surface area (Å²) in [7, 11) is 1.65. The van der Waals surface area contributed by atoms with Gasteiger partial charge in [-0.1, -0.05) is 0 Å². The highest BCUT2D eigenvalue weighted by Gasteiger charge is 2.19. The largest absolute Gasteiger partial charge is 0.342 e. The van der Waals surface area contributed by atoms with Crippen LogP contribution in [0.15, 0.2) is 51.5 Å². The van der Waals surface area contributed by atoms with Crippen LogP contribution in [0.25, 0.3) is 0 Å². The molecule has 0 aromatic carbocycles. The first-order chi connectivity index (χ1) is 11.1. The lowest BCUT2D eigenvalue weighted by molar-refractivity contribution is 0.0936. The average molecular weight is 345 g/mol. The quantitative estimate of drug-likeness (QED) is 0.773. The van der Waals surface area contributed by atoms with Crippen LogP contribution in [0.4, 0.5) is 0 Å². The van der Waals surface area contributed by atoms with Crippen molar-refractivity contribution in [2.75, 3.05) is 0 Å². The Morgan fingerprint density at radius 3 is 2.91 bits per heavy atom. The molecule has 1 N–H and O–H groups in total. The first-order valence-corrected chi connectivity index (χ1v) is 8.84. The molecule has 0 saturated heterocycles. The number of thiazole rings is 1. The minimum absolute atomic E-state index is 0.207. The number of hydrogen-bond donors (Lipinski definition) is 1. The van der Waals surface area contributed by atoms with Gasteiger partial charge in [0.05, 0.1) is 6.04 Å². The van der Waals surface area contributed by atoms with Crippen molar-refractivity contribution in [1.29, 1.82) is 0 Å². The van der Waals surface area contributed by atoms with Gasteiger partial charge in [-0.25, -0.2) is 4.98 Å². The van der Waals surface area contributed by atoms with E-state index in [1.54, 1.807) is 36.8 Å². The Kier molecular flexibility index (Phi) is 4.68. The molecule has 3 heterocycles. The zero-order valence-electron chi connectivity index (χ0n) is 12.4. The Morgan fingerprint density at radius 1 is 1.39 bits per heavy atom. The predicted octanol–water partition coefficient (Wildman–Crippen LogP) is 2.62. The Labute approximate surface area is 141 Å². The van der Waals surface area contributed by atoms with Crippen LogP contribution in [-0.4, -0.2) is 15.5 Å². The third-order valence-electron chi connectivity index (χ3n) is 3.44. The zero-order chi connectivity index (χ0) is 16.2. The number of aromatic nitrogens is 2. The maximum Gasteiger partial charge on any atom is 0.252 e. The lowest BCUT2D eigenvalue weighted by Crippen LogP contribution is -2.31. The van der Waals surface area contributed by atoms with E-state index in [-0.39, 0.29) is 17.5 Å². The molecular formula is C16H15N3O2S2. The fourth-order valence-electron chi connectivity index (χ4n) is 2.18. The minimum Gasteiger partial charge on any atom is -0.342 e. The molecule has 0 aliphatic heterocycles. The van der Waals surface area contributed by atoms with E-state index in [0.29, 0.717) is 12.0 Å². The maximum atomic E-state index is 12.5. The Bertz CT molecular complexity index is 839. The monoisotopic (exact) mass is 345 g/mol. The van der Waals surface area contributed by atoms with Gasteiger partial charge < -0.3 is 9.88 Å². The molecule has 0 fully saturated rings. The normalized spacial score (nSPS) is 12.0. The van der Waals surface area contributed by atoms with Gasteiger partial charge in [-0.2, -0.15) is 11.3 Å². The first-order valence-electron chi connectivity index (χ1n) is 7.01. The summed E-state index contributed by atoms with van der Waals surface area (Å²) in [6, 6.07) is 4.82. The SMILES string of the molecule is Cn1ccc(C(=O)N[C@@H](Cc2ccsc2)c2nccs2)cc1=O. The van der Waals surface area contributed by atoms with E-state index >= 15 is 0 Å². The van der Waals surface area contributed by atoms with E-state index < -0.39 is 0 Å². The lowest BCUT2D eigenvalue weighted by atomic mass is 10.1. The molecule has 7 heteroatoms. The smallest absolute Gasteiger partial charge is 0.252 e. The van der Waals surface area contributed by atoms with Gasteiger partial charge in [-0.05, 0) is 28.5 Å². The number of thiophene rings is 1. The molecular weight excluding hydrogens is 330 g/mol. The molecule has 0 aliphatic carbocycles. The molecule has 0 aliphatic rings. The average Bonchev–Trinajstić information content (AvgIpc) is 3.22. The van der Waals surface area contributed by atoms with Crippen molar-refractivity contribution in [2.45, 2.75) is 12.5 Å². The highest BCUT2D eigenvalue weighted by Crippen LogP contribution is 2.22. The number of rotatable bonds is 5. The van der Waals surface area contributed by atoms with Gasteiger partial charge in [0, 0.05) is 42.9 Å². The van der Waals surface area contributed by atoms with Crippen LogP contribution in [0.2, 0.25) is 0 Å². The maximum absolute atomic E-state index is 12.5. The fourth-order valence-corrected chi connectivity index (χ4v) is 3.55. The third kappa shape index (κ3) is 3.75. The van der Waals surface area contributed by atoms with E-state index in [2.05, 4.69) is 15.7 Å². The van der Waals surface area contributed by atoms with Gasteiger partial charge in [-0.15, -0.1) is 11.3 Å². The number of amides is 1. The van der Waals surface area contributed by atoms with Gasteiger partial charge in [0.1, 0.15) is 5.01 Å². The molecule has 1 amide bonds. The number of nitrogens with one attached hydrogen (secondary N) is 1. The molecule has 0 saturated carbocycles. The summed E-state index contributed by atoms with van der Waals surface area (Å²) in [5.41, 5.74) is 1.31. The molecule has 3 rings (SSSR count). The summed E-state index contributed by atoms with van der Waals surface area (Å²) in [6.45, 7) is 0. The number of nitrogens with zero attached hydrogens (tertiary/aromatic N) is 2. The second-order valence-electron chi connectivity index (χ2n) is 5.10. The Hall–Kier alpha value is -2.25. The van der Waals surface area contributed by atoms with Crippen LogP contribution in [0, 0.1) is 0 Å². The third-order valence-corrected chi connectivity index (χ3v) is 5.06. The molecule has 3 aromatic rings. The summed E-state index contributed by atoms with van der Waals surface area (Å²) in [6.07, 6.45) is 3.99. The van der Waals surface area contributed by atoms with Gasteiger partial charge in [0.15, 0.2) is 0 Å². The number of pyridine rings is 1. The van der Waals surface area contributed by atoms with Crippen molar-refractivity contribution in [3.63, 3.8) is 0 Å². The highest BCUT2D eigenvalue weighted by atomic mass is 32.1. The molecule has 3 aromatic heterocycles. The molecule has 0 unspecified atom stereocenters. The number of aryl methyl sites for hydroxylation is 1. The van der Waals surface area contributed by atoms with Crippen molar-refractivity contribution in [2.24, 2.45) is 7.05 Å². The number of hydrogen-bond acceptors (Lipinski definition) is 5. The van der Waals surface area contributed by atoms with Crippen LogP contribution in [0.3, 0.4) is 0 Å². The fraction of sp³-hybridized carbons (Fsp3) is 0.188. The Morgan fingerprint density at radius 2 is 2.26 bits per heavy atom. The standard InChI is InChI=1S/C16H15N3O2S2/c1-19-5-2-12(9-14(19)20)15(21)18-13(16-17-4-7-23-16)8-11-3-6-22-10-11/h2-7,9-10,13H,8H2,1H3,(H,18,21)/t13-/m0/s1. The first kappa shape index (κ1) is 15.6. The molecule has 23 heavy (non-hydrogen) atoms. The highest BCUT2D eigenvalue weighted by molar-refractivity contribution is 7.09. The molecule has 0 bridgehead atoms. The van der Waals surface area contributed by atoms with E-state index in [1.165, 1.54) is 22.0 Å². The second kappa shape index (κ2) is 6.89. The summed E-state index contributed by atoms with van der Waals surface area (Å²) in [5.74, 6) is -0.266. The number of carbonyl (C=O) groups is 1. The number of carbonyl (C=O) groups excluding carboxylic acids is 1. The molecule has 1 atom stereocenters. The van der Waals surface area contributed by atoms with Crippen LogP contribution in [0.1, 0.15) is 27.0 Å². The van der Waals surface area contributed by atoms with E-state index in [9.17, 15) is 9.59 Å². The van der Waals surface area contributed by atoms with Gasteiger partial charge in [-0.3, -0.25) is 9.59 Å². The molecule has 0 radical (unpaired) electrons. The second-order valence-corrected chi connectivity index (χ2v) is 6.80. The van der Waals surface area contributed by atoms with Gasteiger partial charge in [0.25, 0.3) is 11.5 Å². The molecule has 0 spiro atoms. The Balaban J connectivity index is 1.81. The van der Waals surface area contributed by atoms with Crippen molar-refractivity contribution in [1.82, 2.24) is 14.9 Å². The van der Waals surface area contributed by atoms with Crippen LogP contribution < -0.4 is 10.9 Å². The predicted molar refractivity (Wildman–Crippen MR) is 92.0 cm³/mol. The van der Waals surface area contributed by atoms with Crippen molar-refractivity contribution >= 4 is 28.6 Å². The van der Waals surface area contributed by atoms with Crippen molar-refractivity contribution in [3.05, 3.63) is 73.2 Å². The summed E-state index contributed by atoms with van der Waals surface area (Å²) in [4.78, 5) is 28.5. The topological polar surface area (TPSA) is 64.0 Å². The van der Waals surface area contributed by atoms with E-state index in [1.807, 2.05) is 16.8 Å². The van der Waals surface area contributed by atoms with Gasteiger partial charge >= 0.3 is 0 Å². The van der Waals surface area contributed by atoms with Crippen LogP contribution in [-0.2, 0) is 13.5 Å². The lowest BCUT2D eigenvalue weighted by Gasteiger charge is -2.16. The van der Waals surface area contributed by atoms with Crippen LogP contribution >= 0.6 is 22.7 Å². The molecule has 5 nitrogen and oxygen atoms in total.